The Morgan fingerprint density at radius 2 is 1.94 bits per heavy atom. The van der Waals surface area contributed by atoms with Gasteiger partial charge in [-0.1, -0.05) is 12.1 Å². The summed E-state index contributed by atoms with van der Waals surface area (Å²) in [6, 6.07) is 7.89. The summed E-state index contributed by atoms with van der Waals surface area (Å²) in [5.41, 5.74) is 1.61. The maximum atomic E-state index is 12.9. The maximum Gasteiger partial charge on any atom is 0.416 e. The minimum Gasteiger partial charge on any atom is -0.479 e. The Morgan fingerprint density at radius 3 is 2.57 bits per heavy atom. The predicted octanol–water partition coefficient (Wildman–Crippen LogP) is 2.97. The van der Waals surface area contributed by atoms with Gasteiger partial charge in [-0.2, -0.15) is 13.2 Å². The molecule has 35 heavy (non-hydrogen) atoms. The number of methoxy groups -OCH3 is 1. The first-order valence-electron chi connectivity index (χ1n) is 11.1. The number of carbonyl (C=O) groups excluding carboxylic acids is 1. The first kappa shape index (κ1) is 24.7. The van der Waals surface area contributed by atoms with Crippen LogP contribution < -0.4 is 10.1 Å². The molecule has 1 aromatic carbocycles. The molecule has 3 aromatic rings. The molecule has 1 aliphatic heterocycles. The number of nitrogens with zero attached hydrogens (tertiary/aromatic N) is 4. The highest BCUT2D eigenvalue weighted by atomic mass is 19.4. The van der Waals surface area contributed by atoms with Crippen LogP contribution in [-0.2, 0) is 12.7 Å². The van der Waals surface area contributed by atoms with E-state index in [2.05, 4.69) is 15.3 Å². The molecule has 1 fully saturated rings. The number of rotatable bonds is 6. The predicted molar refractivity (Wildman–Crippen MR) is 121 cm³/mol. The van der Waals surface area contributed by atoms with Gasteiger partial charge in [0.2, 0.25) is 5.88 Å². The third-order valence-corrected chi connectivity index (χ3v) is 5.78. The van der Waals surface area contributed by atoms with Gasteiger partial charge < -0.3 is 19.7 Å². The SMILES string of the molecule is COc1nc(C(=O)NC2CC(O)CN(Cc3ccc(C(F)(F)F)cc3)C2)ccc1-n1cnc(C)c1. The van der Waals surface area contributed by atoms with E-state index in [9.17, 15) is 23.1 Å². The van der Waals surface area contributed by atoms with E-state index in [0.717, 1.165) is 17.8 Å². The molecule has 2 N–H and O–H groups in total. The number of aliphatic hydroxyl groups excluding tert-OH is 1. The lowest BCUT2D eigenvalue weighted by molar-refractivity contribution is -0.137. The molecular weight excluding hydrogens is 463 g/mol. The smallest absolute Gasteiger partial charge is 0.416 e. The van der Waals surface area contributed by atoms with Crippen molar-refractivity contribution in [1.82, 2.24) is 24.8 Å². The highest BCUT2D eigenvalue weighted by Gasteiger charge is 2.31. The largest absolute Gasteiger partial charge is 0.479 e. The Bertz CT molecular complexity index is 1180. The van der Waals surface area contributed by atoms with E-state index in [1.165, 1.54) is 19.2 Å². The second kappa shape index (κ2) is 10.0. The number of hydrogen-bond donors (Lipinski definition) is 2. The fraction of sp³-hybridized carbons (Fsp3) is 0.375. The summed E-state index contributed by atoms with van der Waals surface area (Å²) in [6.07, 6.45) is -1.27. The summed E-state index contributed by atoms with van der Waals surface area (Å²) in [6.45, 7) is 3.01. The van der Waals surface area contributed by atoms with E-state index < -0.39 is 23.8 Å². The zero-order chi connectivity index (χ0) is 25.2. The number of aryl methyl sites for hydroxylation is 1. The highest BCUT2D eigenvalue weighted by molar-refractivity contribution is 5.92. The summed E-state index contributed by atoms with van der Waals surface area (Å²) < 4.78 is 45.5. The summed E-state index contributed by atoms with van der Waals surface area (Å²) in [5.74, 6) is -0.145. The number of piperidine rings is 1. The lowest BCUT2D eigenvalue weighted by Gasteiger charge is -2.36. The highest BCUT2D eigenvalue weighted by Crippen LogP contribution is 2.29. The first-order chi connectivity index (χ1) is 16.6. The van der Waals surface area contributed by atoms with Gasteiger partial charge in [0.05, 0.1) is 30.8 Å². The van der Waals surface area contributed by atoms with E-state index in [1.54, 1.807) is 23.0 Å². The van der Waals surface area contributed by atoms with Gasteiger partial charge in [0.15, 0.2) is 0 Å². The van der Waals surface area contributed by atoms with Gasteiger partial charge >= 0.3 is 6.18 Å². The molecular formula is C24H26F3N5O3. The molecule has 0 radical (unpaired) electrons. The minimum atomic E-state index is -4.39. The second-order valence-corrected chi connectivity index (χ2v) is 8.60. The molecule has 2 unspecified atom stereocenters. The number of aliphatic hydroxyl groups is 1. The molecule has 1 amide bonds. The van der Waals surface area contributed by atoms with E-state index >= 15 is 0 Å². The molecule has 0 bridgehead atoms. The van der Waals surface area contributed by atoms with Gasteiger partial charge in [0, 0.05) is 31.9 Å². The molecule has 2 atom stereocenters. The Balaban J connectivity index is 1.41. The van der Waals surface area contributed by atoms with E-state index in [0.29, 0.717) is 37.3 Å². The van der Waals surface area contributed by atoms with Crippen LogP contribution in [0.3, 0.4) is 0 Å². The van der Waals surface area contributed by atoms with Gasteiger partial charge in [0.1, 0.15) is 11.4 Å². The van der Waals surface area contributed by atoms with Gasteiger partial charge in [0.25, 0.3) is 5.91 Å². The monoisotopic (exact) mass is 489 g/mol. The average molecular weight is 489 g/mol. The molecule has 186 valence electrons. The van der Waals surface area contributed by atoms with Crippen LogP contribution in [0.1, 0.15) is 33.7 Å². The van der Waals surface area contributed by atoms with Crippen LogP contribution in [0, 0.1) is 6.92 Å². The molecule has 2 aromatic heterocycles. The number of carbonyl (C=O) groups is 1. The van der Waals surface area contributed by atoms with Crippen LogP contribution in [0.5, 0.6) is 5.88 Å². The van der Waals surface area contributed by atoms with E-state index in [-0.39, 0.29) is 17.6 Å². The third-order valence-electron chi connectivity index (χ3n) is 5.78. The number of benzene rings is 1. The number of alkyl halides is 3. The molecule has 1 saturated heterocycles. The van der Waals surface area contributed by atoms with Gasteiger partial charge in [-0.3, -0.25) is 9.69 Å². The van der Waals surface area contributed by atoms with Crippen LogP contribution >= 0.6 is 0 Å². The third kappa shape index (κ3) is 5.98. The summed E-state index contributed by atoms with van der Waals surface area (Å²) in [7, 11) is 1.47. The van der Waals surface area contributed by atoms with Crippen molar-refractivity contribution in [3.63, 3.8) is 0 Å². The van der Waals surface area contributed by atoms with Gasteiger partial charge in [-0.25, -0.2) is 9.97 Å². The molecule has 3 heterocycles. The van der Waals surface area contributed by atoms with Crippen LogP contribution in [-0.4, -0.2) is 62.8 Å². The number of amides is 1. The standard InChI is InChI=1S/C24H26F3N5O3/c1-15-10-32(14-28-15)21-8-7-20(30-23(21)35-2)22(34)29-18-9-19(33)13-31(12-18)11-16-3-5-17(6-4-16)24(25,26)27/h3-8,10,14,18-19,33H,9,11-13H2,1-2H3,(H,29,34). The number of imidazole rings is 1. The van der Waals surface area contributed by atoms with E-state index in [1.807, 2.05) is 18.0 Å². The summed E-state index contributed by atoms with van der Waals surface area (Å²) >= 11 is 0. The summed E-state index contributed by atoms with van der Waals surface area (Å²) in [4.78, 5) is 23.3. The lowest BCUT2D eigenvalue weighted by Crippen LogP contribution is -2.52. The van der Waals surface area contributed by atoms with Crippen molar-refractivity contribution in [2.45, 2.75) is 38.2 Å². The van der Waals surface area contributed by atoms with Crippen molar-refractivity contribution in [3.8, 4) is 11.6 Å². The van der Waals surface area contributed by atoms with Crippen molar-refractivity contribution in [2.24, 2.45) is 0 Å². The van der Waals surface area contributed by atoms with Crippen LogP contribution in [0.15, 0.2) is 48.9 Å². The number of halogens is 3. The average Bonchev–Trinajstić information content (AvgIpc) is 3.24. The quantitative estimate of drug-likeness (QED) is 0.553. The van der Waals surface area contributed by atoms with Crippen molar-refractivity contribution >= 4 is 5.91 Å². The maximum absolute atomic E-state index is 12.9. The second-order valence-electron chi connectivity index (χ2n) is 8.60. The zero-order valence-electron chi connectivity index (χ0n) is 19.3. The van der Waals surface area contributed by atoms with Crippen molar-refractivity contribution in [1.29, 1.82) is 0 Å². The topological polar surface area (TPSA) is 92.5 Å². The van der Waals surface area contributed by atoms with Crippen LogP contribution in [0.25, 0.3) is 5.69 Å². The Hall–Kier alpha value is -3.44. The van der Waals surface area contributed by atoms with Crippen molar-refractivity contribution in [3.05, 3.63) is 71.4 Å². The van der Waals surface area contributed by atoms with Gasteiger partial charge in [-0.05, 0) is 43.2 Å². The lowest BCUT2D eigenvalue weighted by atomic mass is 10.0. The van der Waals surface area contributed by atoms with Crippen LogP contribution in [0.4, 0.5) is 13.2 Å². The Labute approximate surface area is 200 Å². The van der Waals surface area contributed by atoms with Crippen molar-refractivity contribution < 1.29 is 27.8 Å². The van der Waals surface area contributed by atoms with Crippen LogP contribution in [0.2, 0.25) is 0 Å². The molecule has 0 aliphatic carbocycles. The molecule has 0 saturated carbocycles. The molecule has 1 aliphatic rings. The van der Waals surface area contributed by atoms with Gasteiger partial charge in [-0.15, -0.1) is 0 Å². The number of nitrogens with one attached hydrogen (secondary N) is 1. The number of likely N-dealkylation sites (tertiary alicyclic amines) is 1. The fourth-order valence-electron chi connectivity index (χ4n) is 4.17. The number of pyridine rings is 1. The van der Waals surface area contributed by atoms with Crippen molar-refractivity contribution in [2.75, 3.05) is 20.2 Å². The number of aromatic nitrogens is 3. The number of hydrogen-bond acceptors (Lipinski definition) is 6. The number of ether oxygens (including phenoxy) is 1. The molecule has 11 heteroatoms. The normalized spacial score (nSPS) is 18.9. The Morgan fingerprint density at radius 1 is 1.20 bits per heavy atom. The minimum absolute atomic E-state index is 0.164. The molecule has 4 rings (SSSR count). The van der Waals surface area contributed by atoms with E-state index in [4.69, 9.17) is 4.74 Å². The molecule has 8 nitrogen and oxygen atoms in total. The fourth-order valence-corrected chi connectivity index (χ4v) is 4.17. The molecule has 0 spiro atoms. The number of β-amino-alcohol motifs (C(OH)–C–C–N with tert-alkyl or cyclic N) is 1. The zero-order valence-corrected chi connectivity index (χ0v) is 19.3. The Kier molecular flexibility index (Phi) is 7.08. The first-order valence-corrected chi connectivity index (χ1v) is 11.1. The summed E-state index contributed by atoms with van der Waals surface area (Å²) in [5, 5.41) is 13.2.